The lowest BCUT2D eigenvalue weighted by Gasteiger charge is -2.44. The number of nitrogens with zero attached hydrogens (tertiary/aromatic N) is 1. The third kappa shape index (κ3) is 6.45. The molecule has 2 aliphatic rings. The van der Waals surface area contributed by atoms with E-state index < -0.39 is 5.60 Å². The third-order valence-corrected chi connectivity index (χ3v) is 8.49. The molecule has 0 unspecified atom stereocenters. The number of benzene rings is 2. The van der Waals surface area contributed by atoms with E-state index in [2.05, 4.69) is 12.2 Å². The Kier molecular flexibility index (Phi) is 9.93. The molecule has 7 heteroatoms. The maximum Gasteiger partial charge on any atom is 0.225 e. The van der Waals surface area contributed by atoms with Crippen LogP contribution >= 0.6 is 0 Å². The average Bonchev–Trinajstić information content (AvgIpc) is 3.38. The highest BCUT2D eigenvalue weighted by Gasteiger charge is 2.44. The second-order valence-corrected chi connectivity index (χ2v) is 11.1. The maximum atomic E-state index is 15.6. The number of halogens is 1. The number of aryl methyl sites for hydroxylation is 1. The van der Waals surface area contributed by atoms with Gasteiger partial charge >= 0.3 is 0 Å². The second kappa shape index (κ2) is 13.2. The molecule has 2 aromatic carbocycles. The van der Waals surface area contributed by atoms with Gasteiger partial charge in [-0.1, -0.05) is 43.3 Å². The van der Waals surface area contributed by atoms with Crippen LogP contribution < -0.4 is 11.1 Å². The van der Waals surface area contributed by atoms with E-state index in [9.17, 15) is 9.90 Å². The summed E-state index contributed by atoms with van der Waals surface area (Å²) in [5.74, 6) is -0.415. The lowest BCUT2D eigenvalue weighted by Crippen LogP contribution is -2.49. The molecular formula is C31H44FN3O3. The number of amides is 1. The van der Waals surface area contributed by atoms with Gasteiger partial charge in [-0.3, -0.25) is 10.1 Å². The van der Waals surface area contributed by atoms with E-state index in [1.807, 2.05) is 35.2 Å². The van der Waals surface area contributed by atoms with Crippen molar-refractivity contribution in [3.8, 4) is 11.1 Å². The smallest absolute Gasteiger partial charge is 0.225 e. The minimum Gasteiger partial charge on any atom is -0.385 e. The first-order valence-electron chi connectivity index (χ1n) is 14.2. The van der Waals surface area contributed by atoms with Crippen LogP contribution in [0.2, 0.25) is 0 Å². The van der Waals surface area contributed by atoms with Gasteiger partial charge in [0, 0.05) is 43.6 Å². The number of hydrogen-bond acceptors (Lipinski definition) is 5. The first-order chi connectivity index (χ1) is 18.4. The van der Waals surface area contributed by atoms with Crippen molar-refractivity contribution in [2.75, 3.05) is 33.5 Å². The number of nitrogens with two attached hydrogens (primary N) is 1. The summed E-state index contributed by atoms with van der Waals surface area (Å²) in [5, 5.41) is 15.8. The summed E-state index contributed by atoms with van der Waals surface area (Å²) in [4.78, 5) is 15.3. The van der Waals surface area contributed by atoms with Crippen LogP contribution in [0.5, 0.6) is 0 Å². The van der Waals surface area contributed by atoms with Gasteiger partial charge in [0.2, 0.25) is 5.91 Å². The zero-order valence-corrected chi connectivity index (χ0v) is 22.9. The van der Waals surface area contributed by atoms with Crippen LogP contribution in [0.15, 0.2) is 42.5 Å². The van der Waals surface area contributed by atoms with Crippen molar-refractivity contribution in [1.82, 2.24) is 10.2 Å². The number of piperidine rings is 1. The third-order valence-electron chi connectivity index (χ3n) is 8.49. The summed E-state index contributed by atoms with van der Waals surface area (Å²) >= 11 is 0. The molecule has 1 heterocycles. The summed E-state index contributed by atoms with van der Waals surface area (Å²) in [6.45, 7) is 4.35. The van der Waals surface area contributed by atoms with Crippen molar-refractivity contribution in [3.05, 3.63) is 59.4 Å². The highest BCUT2D eigenvalue weighted by atomic mass is 19.1. The van der Waals surface area contributed by atoms with Gasteiger partial charge in [-0.2, -0.15) is 0 Å². The average molecular weight is 526 g/mol. The number of carbonyl (C=O) groups excluding carboxylic acids is 1. The van der Waals surface area contributed by atoms with Crippen LogP contribution in [0, 0.1) is 17.7 Å². The van der Waals surface area contributed by atoms with Gasteiger partial charge in [0.1, 0.15) is 5.82 Å². The van der Waals surface area contributed by atoms with Crippen molar-refractivity contribution in [2.45, 2.75) is 69.9 Å². The van der Waals surface area contributed by atoms with Crippen molar-refractivity contribution in [2.24, 2.45) is 17.6 Å². The van der Waals surface area contributed by atoms with E-state index in [1.165, 1.54) is 6.07 Å². The SMILES string of the molecule is CCc1cccc(-c2c(F)cccc2[C@](O)(CCCNCOC)[C@@H]2CCCN(C(=O)[C@@H]3CC[C@H](N)C3)C2)c1. The van der Waals surface area contributed by atoms with Crippen molar-refractivity contribution >= 4 is 5.91 Å². The van der Waals surface area contributed by atoms with E-state index in [0.717, 1.165) is 49.7 Å². The lowest BCUT2D eigenvalue weighted by atomic mass is 9.72. The van der Waals surface area contributed by atoms with E-state index >= 15 is 4.39 Å². The number of likely N-dealkylation sites (tertiary alicyclic amines) is 1. The van der Waals surface area contributed by atoms with Gasteiger partial charge in [0.05, 0.1) is 12.3 Å². The molecule has 1 saturated heterocycles. The topological polar surface area (TPSA) is 87.8 Å². The predicted molar refractivity (Wildman–Crippen MR) is 149 cm³/mol. The second-order valence-electron chi connectivity index (χ2n) is 11.1. The van der Waals surface area contributed by atoms with Crippen LogP contribution in [0.1, 0.15) is 63.0 Å². The van der Waals surface area contributed by atoms with Crippen LogP contribution in [0.25, 0.3) is 11.1 Å². The fourth-order valence-electron chi connectivity index (χ4n) is 6.41. The summed E-state index contributed by atoms with van der Waals surface area (Å²) < 4.78 is 20.7. The Bertz CT molecular complexity index is 1080. The van der Waals surface area contributed by atoms with Gasteiger partial charge < -0.3 is 20.5 Å². The molecule has 1 aliphatic heterocycles. The molecule has 0 bridgehead atoms. The largest absolute Gasteiger partial charge is 0.385 e. The molecule has 4 atom stereocenters. The zero-order valence-electron chi connectivity index (χ0n) is 22.9. The summed E-state index contributed by atoms with van der Waals surface area (Å²) in [5.41, 5.74) is 7.77. The minimum absolute atomic E-state index is 0.0309. The summed E-state index contributed by atoms with van der Waals surface area (Å²) in [7, 11) is 1.64. The van der Waals surface area contributed by atoms with Crippen LogP contribution in [0.3, 0.4) is 0 Å². The van der Waals surface area contributed by atoms with Gasteiger partial charge in [-0.05, 0) is 80.7 Å². The molecule has 0 radical (unpaired) electrons. The quantitative estimate of drug-likeness (QED) is 0.295. The number of methoxy groups -OCH3 is 1. The number of ether oxygens (including phenoxy) is 1. The van der Waals surface area contributed by atoms with Gasteiger partial charge in [-0.25, -0.2) is 4.39 Å². The molecule has 6 nitrogen and oxygen atoms in total. The molecule has 1 amide bonds. The summed E-state index contributed by atoms with van der Waals surface area (Å²) in [6, 6.07) is 13.0. The molecule has 0 spiro atoms. The highest BCUT2D eigenvalue weighted by molar-refractivity contribution is 5.79. The fraction of sp³-hybridized carbons (Fsp3) is 0.581. The zero-order chi connectivity index (χ0) is 27.1. The lowest BCUT2D eigenvalue weighted by molar-refractivity contribution is -0.140. The Morgan fingerprint density at radius 1 is 1.24 bits per heavy atom. The molecule has 38 heavy (non-hydrogen) atoms. The maximum absolute atomic E-state index is 15.6. The Morgan fingerprint density at radius 3 is 2.79 bits per heavy atom. The van der Waals surface area contributed by atoms with E-state index in [0.29, 0.717) is 50.3 Å². The van der Waals surface area contributed by atoms with Crippen LogP contribution in [-0.2, 0) is 21.6 Å². The minimum atomic E-state index is -1.29. The van der Waals surface area contributed by atoms with Gasteiger partial charge in [0.15, 0.2) is 0 Å². The molecule has 2 aromatic rings. The predicted octanol–water partition coefficient (Wildman–Crippen LogP) is 4.58. The molecule has 4 N–H and O–H groups in total. The monoisotopic (exact) mass is 525 g/mol. The fourth-order valence-corrected chi connectivity index (χ4v) is 6.41. The number of rotatable bonds is 11. The van der Waals surface area contributed by atoms with Crippen LogP contribution in [-0.4, -0.2) is 55.4 Å². The van der Waals surface area contributed by atoms with Gasteiger partial charge in [-0.15, -0.1) is 0 Å². The molecule has 4 rings (SSSR count). The Morgan fingerprint density at radius 2 is 2.05 bits per heavy atom. The number of carbonyl (C=O) groups is 1. The number of nitrogens with one attached hydrogen (secondary N) is 1. The van der Waals surface area contributed by atoms with E-state index in [4.69, 9.17) is 10.5 Å². The van der Waals surface area contributed by atoms with Crippen molar-refractivity contribution in [3.63, 3.8) is 0 Å². The first kappa shape index (κ1) is 28.7. The molecule has 208 valence electrons. The van der Waals surface area contributed by atoms with Crippen molar-refractivity contribution < 1.29 is 19.0 Å². The van der Waals surface area contributed by atoms with E-state index in [-0.39, 0.29) is 29.6 Å². The Hall–Kier alpha value is -2.32. The number of hydrogen-bond donors (Lipinski definition) is 3. The first-order valence-corrected chi connectivity index (χ1v) is 14.2. The summed E-state index contributed by atoms with van der Waals surface area (Å²) in [6.07, 6.45) is 6.03. The number of aliphatic hydroxyl groups is 1. The Balaban J connectivity index is 1.68. The van der Waals surface area contributed by atoms with Gasteiger partial charge in [0.25, 0.3) is 0 Å². The molecule has 2 fully saturated rings. The highest BCUT2D eigenvalue weighted by Crippen LogP contribution is 2.44. The standard InChI is InChI=1S/C31H44FN3O3/c1-3-22-8-4-9-23(18-22)29-27(11-5-12-28(29)32)31(37,15-7-16-34-21-38-2)25-10-6-17-35(20-25)30(36)24-13-14-26(33)19-24/h4-5,8-9,11-12,18,24-26,34,37H,3,6-7,10,13-17,19-21,33H2,1-2H3/t24-,25-,26+,31+/m1/s1. The molecular weight excluding hydrogens is 481 g/mol. The molecule has 1 aliphatic carbocycles. The van der Waals surface area contributed by atoms with Crippen LogP contribution in [0.4, 0.5) is 4.39 Å². The molecule has 0 aromatic heterocycles. The van der Waals surface area contributed by atoms with E-state index in [1.54, 1.807) is 13.2 Å². The normalized spacial score (nSPS) is 23.4. The van der Waals surface area contributed by atoms with Crippen molar-refractivity contribution in [1.29, 1.82) is 0 Å². The Labute approximate surface area is 226 Å². The molecule has 1 saturated carbocycles.